The summed E-state index contributed by atoms with van der Waals surface area (Å²) in [4.78, 5) is 25.8. The van der Waals surface area contributed by atoms with Gasteiger partial charge in [-0.15, -0.1) is 0 Å². The molecule has 0 aromatic heterocycles. The monoisotopic (exact) mass is 325 g/mol. The van der Waals surface area contributed by atoms with Crippen molar-refractivity contribution >= 4 is 17.6 Å². The van der Waals surface area contributed by atoms with E-state index in [-0.39, 0.29) is 5.91 Å². The highest BCUT2D eigenvalue weighted by molar-refractivity contribution is 5.96. The number of anilines is 1. The van der Waals surface area contributed by atoms with Crippen molar-refractivity contribution in [1.82, 2.24) is 0 Å². The predicted molar refractivity (Wildman–Crippen MR) is 90.7 cm³/mol. The molecule has 0 aliphatic carbocycles. The molecular formula is C19H19NO4. The Balaban J connectivity index is 1.75. The quantitative estimate of drug-likeness (QED) is 0.639. The average molecular weight is 325 g/mol. The number of ether oxygens (including phenoxy) is 2. The van der Waals surface area contributed by atoms with Gasteiger partial charge < -0.3 is 14.4 Å². The van der Waals surface area contributed by atoms with Gasteiger partial charge in [0.05, 0.1) is 12.7 Å². The SMILES string of the molecule is COc1cc(C)ccc1OC(=O)c1ccc(N2CCCC2=O)cc1. The van der Waals surface area contributed by atoms with Crippen LogP contribution < -0.4 is 14.4 Å². The Bertz CT molecular complexity index is 767. The number of hydrogen-bond acceptors (Lipinski definition) is 4. The minimum Gasteiger partial charge on any atom is -0.493 e. The molecule has 0 atom stereocenters. The van der Waals surface area contributed by atoms with Crippen molar-refractivity contribution in [2.24, 2.45) is 0 Å². The number of carbonyl (C=O) groups is 2. The fourth-order valence-corrected chi connectivity index (χ4v) is 2.72. The minimum atomic E-state index is -0.462. The third-order valence-corrected chi connectivity index (χ3v) is 4.01. The molecule has 124 valence electrons. The normalized spacial score (nSPS) is 13.9. The van der Waals surface area contributed by atoms with Crippen LogP contribution in [0.2, 0.25) is 0 Å². The van der Waals surface area contributed by atoms with Crippen LogP contribution in [0.3, 0.4) is 0 Å². The van der Waals surface area contributed by atoms with Crippen LogP contribution in [-0.4, -0.2) is 25.5 Å². The molecule has 5 nitrogen and oxygen atoms in total. The smallest absolute Gasteiger partial charge is 0.343 e. The lowest BCUT2D eigenvalue weighted by molar-refractivity contribution is -0.117. The molecule has 2 aromatic carbocycles. The molecule has 1 amide bonds. The van der Waals surface area contributed by atoms with Crippen LogP contribution in [0.15, 0.2) is 42.5 Å². The van der Waals surface area contributed by atoms with Gasteiger partial charge in [-0.2, -0.15) is 0 Å². The highest BCUT2D eigenvalue weighted by atomic mass is 16.6. The van der Waals surface area contributed by atoms with Crippen molar-refractivity contribution in [3.63, 3.8) is 0 Å². The molecule has 0 spiro atoms. The van der Waals surface area contributed by atoms with E-state index < -0.39 is 5.97 Å². The van der Waals surface area contributed by atoms with Gasteiger partial charge in [0, 0.05) is 18.7 Å². The number of carbonyl (C=O) groups excluding carboxylic acids is 2. The molecule has 1 aliphatic heterocycles. The van der Waals surface area contributed by atoms with Crippen LogP contribution >= 0.6 is 0 Å². The standard InChI is InChI=1S/C19H19NO4/c1-13-5-10-16(17(12-13)23-2)24-19(22)14-6-8-15(9-7-14)20-11-3-4-18(20)21/h5-10,12H,3-4,11H2,1-2H3. The predicted octanol–water partition coefficient (Wildman–Crippen LogP) is 3.35. The highest BCUT2D eigenvalue weighted by Crippen LogP contribution is 2.29. The molecule has 5 heteroatoms. The van der Waals surface area contributed by atoms with Gasteiger partial charge in [-0.25, -0.2) is 4.79 Å². The molecule has 3 rings (SSSR count). The van der Waals surface area contributed by atoms with Crippen molar-refractivity contribution < 1.29 is 19.1 Å². The second kappa shape index (κ2) is 6.74. The number of nitrogens with zero attached hydrogens (tertiary/aromatic N) is 1. The average Bonchev–Trinajstić information content (AvgIpc) is 3.02. The van der Waals surface area contributed by atoms with Crippen LogP contribution in [0.1, 0.15) is 28.8 Å². The Labute approximate surface area is 140 Å². The van der Waals surface area contributed by atoms with Crippen LogP contribution in [-0.2, 0) is 4.79 Å². The zero-order valence-corrected chi connectivity index (χ0v) is 13.7. The molecule has 0 N–H and O–H groups in total. The van der Waals surface area contributed by atoms with Gasteiger partial charge in [0.2, 0.25) is 5.91 Å². The molecule has 0 bridgehead atoms. The summed E-state index contributed by atoms with van der Waals surface area (Å²) in [6.45, 7) is 2.66. The summed E-state index contributed by atoms with van der Waals surface area (Å²) in [6, 6.07) is 12.3. The first kappa shape index (κ1) is 16.1. The third-order valence-electron chi connectivity index (χ3n) is 4.01. The van der Waals surface area contributed by atoms with Crippen molar-refractivity contribution in [2.75, 3.05) is 18.6 Å². The van der Waals surface area contributed by atoms with Crippen molar-refractivity contribution in [2.45, 2.75) is 19.8 Å². The first-order chi connectivity index (χ1) is 11.6. The number of hydrogen-bond donors (Lipinski definition) is 0. The van der Waals surface area contributed by atoms with Gasteiger partial charge in [-0.3, -0.25) is 4.79 Å². The largest absolute Gasteiger partial charge is 0.493 e. The summed E-state index contributed by atoms with van der Waals surface area (Å²) in [6.07, 6.45) is 1.45. The lowest BCUT2D eigenvalue weighted by Crippen LogP contribution is -2.23. The van der Waals surface area contributed by atoms with Crippen LogP contribution in [0.5, 0.6) is 11.5 Å². The third kappa shape index (κ3) is 3.25. The minimum absolute atomic E-state index is 0.120. The van der Waals surface area contributed by atoms with Gasteiger partial charge in [-0.05, 0) is 55.3 Å². The zero-order valence-electron chi connectivity index (χ0n) is 13.7. The number of esters is 1. The fraction of sp³-hybridized carbons (Fsp3) is 0.263. The molecule has 0 saturated carbocycles. The molecular weight excluding hydrogens is 306 g/mol. The molecule has 0 unspecified atom stereocenters. The van der Waals surface area contributed by atoms with E-state index in [1.807, 2.05) is 19.1 Å². The van der Waals surface area contributed by atoms with E-state index in [9.17, 15) is 9.59 Å². The van der Waals surface area contributed by atoms with E-state index in [1.54, 1.807) is 35.2 Å². The van der Waals surface area contributed by atoms with Gasteiger partial charge in [-0.1, -0.05) is 6.07 Å². The van der Waals surface area contributed by atoms with Crippen LogP contribution in [0.25, 0.3) is 0 Å². The maximum atomic E-state index is 12.3. The molecule has 24 heavy (non-hydrogen) atoms. The number of aryl methyl sites for hydroxylation is 1. The van der Waals surface area contributed by atoms with Gasteiger partial charge in [0.1, 0.15) is 0 Å². The van der Waals surface area contributed by atoms with E-state index in [0.717, 1.165) is 24.2 Å². The van der Waals surface area contributed by atoms with Crippen LogP contribution in [0.4, 0.5) is 5.69 Å². The van der Waals surface area contributed by atoms with Crippen molar-refractivity contribution in [1.29, 1.82) is 0 Å². The Morgan fingerprint density at radius 3 is 2.46 bits per heavy atom. The number of amides is 1. The summed E-state index contributed by atoms with van der Waals surface area (Å²) >= 11 is 0. The zero-order chi connectivity index (χ0) is 17.1. The van der Waals surface area contributed by atoms with Gasteiger partial charge in [0.15, 0.2) is 11.5 Å². The highest BCUT2D eigenvalue weighted by Gasteiger charge is 2.22. The molecule has 2 aromatic rings. The molecule has 1 heterocycles. The fourth-order valence-electron chi connectivity index (χ4n) is 2.72. The van der Waals surface area contributed by atoms with Gasteiger partial charge >= 0.3 is 5.97 Å². The molecule has 0 radical (unpaired) electrons. The second-order valence-electron chi connectivity index (χ2n) is 5.74. The first-order valence-electron chi connectivity index (χ1n) is 7.86. The number of rotatable bonds is 4. The summed E-state index contributed by atoms with van der Waals surface area (Å²) in [5, 5.41) is 0. The Kier molecular flexibility index (Phi) is 4.51. The topological polar surface area (TPSA) is 55.8 Å². The maximum Gasteiger partial charge on any atom is 0.343 e. The molecule has 1 fully saturated rings. The van der Waals surface area contributed by atoms with E-state index in [2.05, 4.69) is 0 Å². The van der Waals surface area contributed by atoms with Crippen molar-refractivity contribution in [3.8, 4) is 11.5 Å². The number of benzene rings is 2. The Hall–Kier alpha value is -2.82. The van der Waals surface area contributed by atoms with E-state index >= 15 is 0 Å². The summed E-state index contributed by atoms with van der Waals surface area (Å²) < 4.78 is 10.7. The molecule has 1 aliphatic rings. The van der Waals surface area contributed by atoms with Crippen LogP contribution in [0, 0.1) is 6.92 Å². The molecule has 1 saturated heterocycles. The summed E-state index contributed by atoms with van der Waals surface area (Å²) in [7, 11) is 1.54. The van der Waals surface area contributed by atoms with Crippen molar-refractivity contribution in [3.05, 3.63) is 53.6 Å². The maximum absolute atomic E-state index is 12.3. The van der Waals surface area contributed by atoms with E-state index in [0.29, 0.717) is 23.5 Å². The van der Waals surface area contributed by atoms with Gasteiger partial charge in [0.25, 0.3) is 0 Å². The summed E-state index contributed by atoms with van der Waals surface area (Å²) in [5.74, 6) is 0.556. The first-order valence-corrected chi connectivity index (χ1v) is 7.86. The van der Waals surface area contributed by atoms with E-state index in [4.69, 9.17) is 9.47 Å². The lowest BCUT2D eigenvalue weighted by atomic mass is 10.2. The Morgan fingerprint density at radius 1 is 1.08 bits per heavy atom. The van der Waals surface area contributed by atoms with E-state index in [1.165, 1.54) is 7.11 Å². The number of methoxy groups -OCH3 is 1. The lowest BCUT2D eigenvalue weighted by Gasteiger charge is -2.16. The summed E-state index contributed by atoms with van der Waals surface area (Å²) in [5.41, 5.74) is 2.25. The second-order valence-corrected chi connectivity index (χ2v) is 5.74. The Morgan fingerprint density at radius 2 is 1.83 bits per heavy atom.